The minimum atomic E-state index is -0.0179. The maximum atomic E-state index is 13.3. The Morgan fingerprint density at radius 2 is 2.09 bits per heavy atom. The van der Waals surface area contributed by atoms with Gasteiger partial charge in [0.25, 0.3) is 5.56 Å². The molecule has 0 aliphatic carbocycles. The second-order valence-corrected chi connectivity index (χ2v) is 9.68. The van der Waals surface area contributed by atoms with Gasteiger partial charge < -0.3 is 4.52 Å². The molecular weight excluding hydrogens is 438 g/mol. The maximum Gasteiger partial charge on any atom is 0.262 e. The lowest BCUT2D eigenvalue weighted by atomic mass is 9.98. The van der Waals surface area contributed by atoms with Gasteiger partial charge in [-0.25, -0.2) is 4.68 Å². The van der Waals surface area contributed by atoms with Crippen LogP contribution in [0.5, 0.6) is 0 Å². The number of nitrogens with zero attached hydrogens (tertiary/aromatic N) is 7. The van der Waals surface area contributed by atoms with Crippen LogP contribution in [0.4, 0.5) is 0 Å². The summed E-state index contributed by atoms with van der Waals surface area (Å²) in [6.45, 7) is 9.07. The molecule has 1 aromatic carbocycles. The third-order valence-electron chi connectivity index (χ3n) is 6.35. The minimum Gasteiger partial charge on any atom is -0.339 e. The molecule has 33 heavy (non-hydrogen) atoms. The van der Waals surface area contributed by atoms with Crippen molar-refractivity contribution in [1.82, 2.24) is 33.8 Å². The van der Waals surface area contributed by atoms with Crippen molar-refractivity contribution in [2.24, 2.45) is 5.92 Å². The van der Waals surface area contributed by atoms with Crippen molar-refractivity contribution in [2.45, 2.75) is 59.2 Å². The molecule has 1 saturated heterocycles. The van der Waals surface area contributed by atoms with E-state index in [0.717, 1.165) is 37.9 Å². The molecule has 0 amide bonds. The molecule has 1 aliphatic heterocycles. The van der Waals surface area contributed by atoms with Gasteiger partial charge in [0.1, 0.15) is 0 Å². The highest BCUT2D eigenvalue weighted by Gasteiger charge is 2.26. The van der Waals surface area contributed by atoms with Crippen LogP contribution >= 0.6 is 12.2 Å². The summed E-state index contributed by atoms with van der Waals surface area (Å²) in [5.74, 6) is 2.65. The van der Waals surface area contributed by atoms with Crippen molar-refractivity contribution in [2.75, 3.05) is 13.1 Å². The maximum absolute atomic E-state index is 13.3. The summed E-state index contributed by atoms with van der Waals surface area (Å²) >= 11 is 5.87. The Morgan fingerprint density at radius 1 is 1.27 bits per heavy atom. The van der Waals surface area contributed by atoms with Gasteiger partial charge in [-0.15, -0.1) is 5.10 Å². The first kappa shape index (κ1) is 22.0. The smallest absolute Gasteiger partial charge is 0.262 e. The summed E-state index contributed by atoms with van der Waals surface area (Å²) < 4.78 is 11.6. The van der Waals surface area contributed by atoms with Gasteiger partial charge in [-0.05, 0) is 63.0 Å². The number of rotatable bonds is 6. The number of para-hydroxylation sites is 1. The molecule has 5 rings (SSSR count). The summed E-state index contributed by atoms with van der Waals surface area (Å²) in [4.78, 5) is 20.0. The van der Waals surface area contributed by atoms with Crippen molar-refractivity contribution in [3.8, 4) is 0 Å². The van der Waals surface area contributed by atoms with Crippen LogP contribution in [0.15, 0.2) is 33.6 Å². The fourth-order valence-electron chi connectivity index (χ4n) is 4.60. The molecule has 4 heterocycles. The standard InChI is InChI=1S/C23H29N7O2S/c1-15(2)10-12-28-21(31)18-8-4-5-9-19(18)30-22(28)25-29(23(30)33)14-27-11-6-7-17(13-27)20-24-16(3)26-32-20/h4-5,8-9,15,17H,6-7,10-14H2,1-3H3. The summed E-state index contributed by atoms with van der Waals surface area (Å²) in [5, 5.41) is 9.45. The van der Waals surface area contributed by atoms with Gasteiger partial charge in [0.15, 0.2) is 5.82 Å². The number of benzene rings is 1. The lowest BCUT2D eigenvalue weighted by molar-refractivity contribution is 0.143. The molecule has 0 N–H and O–H groups in total. The summed E-state index contributed by atoms with van der Waals surface area (Å²) in [6.07, 6.45) is 2.95. The molecular formula is C23H29N7O2S. The normalized spacial score (nSPS) is 17.5. The van der Waals surface area contributed by atoms with E-state index in [2.05, 4.69) is 28.9 Å². The average Bonchev–Trinajstić information content (AvgIpc) is 3.37. The van der Waals surface area contributed by atoms with Crippen LogP contribution in [0.3, 0.4) is 0 Å². The minimum absolute atomic E-state index is 0.0179. The van der Waals surface area contributed by atoms with Gasteiger partial charge in [0, 0.05) is 13.1 Å². The second kappa shape index (κ2) is 8.83. The van der Waals surface area contributed by atoms with E-state index in [-0.39, 0.29) is 11.5 Å². The molecule has 0 spiro atoms. The van der Waals surface area contributed by atoms with Gasteiger partial charge in [0.2, 0.25) is 16.4 Å². The largest absolute Gasteiger partial charge is 0.339 e. The average molecular weight is 468 g/mol. The first-order valence-electron chi connectivity index (χ1n) is 11.6. The Kier molecular flexibility index (Phi) is 5.88. The fourth-order valence-corrected chi connectivity index (χ4v) is 4.88. The summed E-state index contributed by atoms with van der Waals surface area (Å²) in [5.41, 5.74) is 0.781. The van der Waals surface area contributed by atoms with E-state index < -0.39 is 0 Å². The molecule has 1 aliphatic rings. The zero-order chi connectivity index (χ0) is 23.1. The number of aromatic nitrogens is 6. The second-order valence-electron chi connectivity index (χ2n) is 9.31. The van der Waals surface area contributed by atoms with Gasteiger partial charge in [-0.1, -0.05) is 31.1 Å². The highest BCUT2D eigenvalue weighted by molar-refractivity contribution is 7.71. The van der Waals surface area contributed by atoms with E-state index in [0.29, 0.717) is 46.8 Å². The lowest BCUT2D eigenvalue weighted by Gasteiger charge is -2.30. The predicted molar refractivity (Wildman–Crippen MR) is 128 cm³/mol. The van der Waals surface area contributed by atoms with Crippen LogP contribution in [0.2, 0.25) is 0 Å². The molecule has 1 atom stereocenters. The number of aryl methyl sites for hydroxylation is 2. The van der Waals surface area contributed by atoms with Gasteiger partial charge in [-0.3, -0.25) is 18.7 Å². The van der Waals surface area contributed by atoms with Crippen LogP contribution in [-0.2, 0) is 13.2 Å². The fraction of sp³-hybridized carbons (Fsp3) is 0.522. The molecule has 1 unspecified atom stereocenters. The molecule has 9 nitrogen and oxygen atoms in total. The van der Waals surface area contributed by atoms with Crippen molar-refractivity contribution >= 4 is 28.9 Å². The third-order valence-corrected chi connectivity index (χ3v) is 6.74. The first-order chi connectivity index (χ1) is 15.9. The van der Waals surface area contributed by atoms with Crippen LogP contribution in [0.25, 0.3) is 16.7 Å². The Balaban J connectivity index is 1.53. The summed E-state index contributed by atoms with van der Waals surface area (Å²) in [7, 11) is 0. The van der Waals surface area contributed by atoms with Crippen LogP contribution in [-0.4, -0.2) is 46.9 Å². The Labute approximate surface area is 196 Å². The van der Waals surface area contributed by atoms with E-state index in [4.69, 9.17) is 21.8 Å². The lowest BCUT2D eigenvalue weighted by Crippen LogP contribution is -2.36. The third kappa shape index (κ3) is 4.13. The van der Waals surface area contributed by atoms with Crippen LogP contribution < -0.4 is 5.56 Å². The zero-order valence-electron chi connectivity index (χ0n) is 19.3. The molecule has 0 radical (unpaired) electrons. The molecule has 3 aromatic heterocycles. The van der Waals surface area contributed by atoms with Gasteiger partial charge in [0.05, 0.1) is 23.5 Å². The van der Waals surface area contributed by atoms with E-state index in [1.165, 1.54) is 0 Å². The number of piperidine rings is 1. The molecule has 0 bridgehead atoms. The molecule has 174 valence electrons. The first-order valence-corrected chi connectivity index (χ1v) is 12.0. The predicted octanol–water partition coefficient (Wildman–Crippen LogP) is 3.75. The zero-order valence-corrected chi connectivity index (χ0v) is 20.1. The highest BCUT2D eigenvalue weighted by Crippen LogP contribution is 2.26. The van der Waals surface area contributed by atoms with Crippen molar-refractivity contribution < 1.29 is 4.52 Å². The van der Waals surface area contributed by atoms with Gasteiger partial charge >= 0.3 is 0 Å². The Bertz CT molecular complexity index is 1410. The van der Waals surface area contributed by atoms with Crippen molar-refractivity contribution in [1.29, 1.82) is 0 Å². The molecule has 10 heteroatoms. The van der Waals surface area contributed by atoms with Crippen LogP contribution in [0, 0.1) is 17.6 Å². The number of hydrogen-bond acceptors (Lipinski definition) is 7. The topological polar surface area (TPSA) is 86.4 Å². The monoisotopic (exact) mass is 467 g/mol. The van der Waals surface area contributed by atoms with Crippen molar-refractivity contribution in [3.05, 3.63) is 51.1 Å². The molecule has 1 fully saturated rings. The number of likely N-dealkylation sites (tertiary alicyclic amines) is 1. The summed E-state index contributed by atoms with van der Waals surface area (Å²) in [6, 6.07) is 7.63. The van der Waals surface area contributed by atoms with Gasteiger partial charge in [-0.2, -0.15) is 4.98 Å². The van der Waals surface area contributed by atoms with E-state index in [9.17, 15) is 4.79 Å². The Morgan fingerprint density at radius 3 is 2.85 bits per heavy atom. The number of fused-ring (bicyclic) bond motifs is 3. The van der Waals surface area contributed by atoms with E-state index >= 15 is 0 Å². The number of hydrogen-bond donors (Lipinski definition) is 0. The molecule has 0 saturated carbocycles. The van der Waals surface area contributed by atoms with Crippen molar-refractivity contribution in [3.63, 3.8) is 0 Å². The quantitative estimate of drug-likeness (QED) is 0.399. The van der Waals surface area contributed by atoms with Crippen LogP contribution in [0.1, 0.15) is 50.7 Å². The van der Waals surface area contributed by atoms with E-state index in [1.54, 1.807) is 4.57 Å². The Hall–Kier alpha value is -2.85. The van der Waals surface area contributed by atoms with E-state index in [1.807, 2.05) is 40.3 Å². The SMILES string of the molecule is Cc1noc(C2CCCN(Cn3nc4n(CCC(C)C)c(=O)c5ccccc5n4c3=S)C2)n1. The highest BCUT2D eigenvalue weighted by atomic mass is 32.1. The molecule has 4 aromatic rings.